The first-order chi connectivity index (χ1) is 16.5. The number of hydrogen-bond acceptors (Lipinski definition) is 3. The molecule has 0 radical (unpaired) electrons. The Morgan fingerprint density at radius 2 is 1.68 bits per heavy atom. The third kappa shape index (κ3) is 4.26. The molecule has 0 aromatic heterocycles. The van der Waals surface area contributed by atoms with Crippen LogP contribution in [0.1, 0.15) is 29.5 Å². The number of hydrogen-bond donors (Lipinski definition) is 1. The number of likely N-dealkylation sites (tertiary alicyclic amines) is 1. The standard InChI is InChI=1S/C28H32N4O2/c1-20-11-12-21(25-9-5-4-8-24(20)25)17-30-15-13-23(14-16-30)32-26-10-6-3-7-22(26)18-31(28(32)34)19-27(33)29-2/h3-12,23H,13-19H2,1-2H3,(H,29,33). The minimum atomic E-state index is -0.146. The number of piperidine rings is 1. The van der Waals surface area contributed by atoms with Gasteiger partial charge in [-0.25, -0.2) is 4.79 Å². The van der Waals surface area contributed by atoms with E-state index in [-0.39, 0.29) is 24.5 Å². The number of rotatable bonds is 5. The van der Waals surface area contributed by atoms with E-state index in [1.165, 1.54) is 21.9 Å². The van der Waals surface area contributed by atoms with Crippen LogP contribution in [0, 0.1) is 6.92 Å². The highest BCUT2D eigenvalue weighted by Crippen LogP contribution is 2.33. The Bertz CT molecular complexity index is 1220. The quantitative estimate of drug-likeness (QED) is 0.623. The van der Waals surface area contributed by atoms with Crippen LogP contribution in [-0.2, 0) is 17.9 Å². The van der Waals surface area contributed by atoms with Crippen LogP contribution < -0.4 is 10.2 Å². The lowest BCUT2D eigenvalue weighted by Gasteiger charge is -2.44. The molecule has 1 N–H and O–H groups in total. The van der Waals surface area contributed by atoms with Crippen molar-refractivity contribution in [2.45, 2.75) is 38.9 Å². The van der Waals surface area contributed by atoms with Gasteiger partial charge in [0.15, 0.2) is 0 Å². The number of fused-ring (bicyclic) bond motifs is 2. The van der Waals surface area contributed by atoms with E-state index in [4.69, 9.17) is 0 Å². The number of urea groups is 1. The fourth-order valence-corrected chi connectivity index (χ4v) is 5.36. The van der Waals surface area contributed by atoms with Crippen molar-refractivity contribution in [3.05, 3.63) is 77.4 Å². The molecule has 1 saturated heterocycles. The highest BCUT2D eigenvalue weighted by Gasteiger charge is 2.37. The van der Waals surface area contributed by atoms with Gasteiger partial charge in [-0.1, -0.05) is 54.6 Å². The predicted molar refractivity (Wildman–Crippen MR) is 136 cm³/mol. The second kappa shape index (κ2) is 9.47. The second-order valence-electron chi connectivity index (χ2n) is 9.41. The van der Waals surface area contributed by atoms with E-state index in [0.29, 0.717) is 6.54 Å². The summed E-state index contributed by atoms with van der Waals surface area (Å²) in [5, 5.41) is 5.29. The van der Waals surface area contributed by atoms with Gasteiger partial charge in [-0.3, -0.25) is 14.6 Å². The number of para-hydroxylation sites is 1. The fraction of sp³-hybridized carbons (Fsp3) is 0.357. The Morgan fingerprint density at radius 3 is 2.44 bits per heavy atom. The molecule has 0 atom stereocenters. The summed E-state index contributed by atoms with van der Waals surface area (Å²) in [4.78, 5) is 31.6. The van der Waals surface area contributed by atoms with Crippen molar-refractivity contribution in [1.82, 2.24) is 15.1 Å². The van der Waals surface area contributed by atoms with Gasteiger partial charge in [0, 0.05) is 32.7 Å². The normalized spacial score (nSPS) is 17.2. The molecular formula is C28H32N4O2. The van der Waals surface area contributed by atoms with Crippen molar-refractivity contribution < 1.29 is 9.59 Å². The maximum Gasteiger partial charge on any atom is 0.325 e. The van der Waals surface area contributed by atoms with Crippen LogP contribution in [0.25, 0.3) is 10.8 Å². The minimum Gasteiger partial charge on any atom is -0.358 e. The lowest BCUT2D eigenvalue weighted by atomic mass is 9.97. The molecule has 5 rings (SSSR count). The molecule has 6 nitrogen and oxygen atoms in total. The van der Waals surface area contributed by atoms with Crippen LogP contribution >= 0.6 is 0 Å². The highest BCUT2D eigenvalue weighted by molar-refractivity contribution is 5.97. The molecule has 0 saturated carbocycles. The Morgan fingerprint density at radius 1 is 0.971 bits per heavy atom. The number of anilines is 1. The highest BCUT2D eigenvalue weighted by atomic mass is 16.2. The van der Waals surface area contributed by atoms with Crippen molar-refractivity contribution in [2.24, 2.45) is 0 Å². The molecule has 0 bridgehead atoms. The zero-order chi connectivity index (χ0) is 23.7. The average molecular weight is 457 g/mol. The third-order valence-electron chi connectivity index (χ3n) is 7.25. The van der Waals surface area contributed by atoms with Crippen molar-refractivity contribution in [2.75, 3.05) is 31.6 Å². The summed E-state index contributed by atoms with van der Waals surface area (Å²) < 4.78 is 0. The van der Waals surface area contributed by atoms with Gasteiger partial charge in [-0.05, 0) is 53.3 Å². The number of nitrogens with zero attached hydrogens (tertiary/aromatic N) is 3. The molecule has 3 aromatic carbocycles. The van der Waals surface area contributed by atoms with Gasteiger partial charge in [0.05, 0.1) is 12.2 Å². The SMILES string of the molecule is CNC(=O)CN1Cc2ccccc2N(C2CCN(Cc3ccc(C)c4ccccc34)CC2)C1=O. The summed E-state index contributed by atoms with van der Waals surface area (Å²) in [6.45, 7) is 5.51. The first-order valence-electron chi connectivity index (χ1n) is 12.1. The van der Waals surface area contributed by atoms with E-state index in [1.807, 2.05) is 23.1 Å². The zero-order valence-corrected chi connectivity index (χ0v) is 20.0. The molecule has 34 heavy (non-hydrogen) atoms. The second-order valence-corrected chi connectivity index (χ2v) is 9.41. The fourth-order valence-electron chi connectivity index (χ4n) is 5.36. The molecule has 3 amide bonds. The number of likely N-dealkylation sites (N-methyl/N-ethyl adjacent to an activating group) is 1. The summed E-state index contributed by atoms with van der Waals surface area (Å²) in [5.74, 6) is -0.146. The number of carbonyl (C=O) groups is 2. The molecular weight excluding hydrogens is 424 g/mol. The minimum absolute atomic E-state index is 0.0646. The van der Waals surface area contributed by atoms with Crippen molar-refractivity contribution in [3.8, 4) is 0 Å². The monoisotopic (exact) mass is 456 g/mol. The van der Waals surface area contributed by atoms with Crippen molar-refractivity contribution >= 4 is 28.4 Å². The molecule has 1 fully saturated rings. The van der Waals surface area contributed by atoms with E-state index in [2.05, 4.69) is 59.6 Å². The van der Waals surface area contributed by atoms with Gasteiger partial charge >= 0.3 is 6.03 Å². The summed E-state index contributed by atoms with van der Waals surface area (Å²) >= 11 is 0. The molecule has 2 heterocycles. The number of carbonyl (C=O) groups excluding carboxylic acids is 2. The van der Waals surface area contributed by atoms with Crippen LogP contribution in [0.3, 0.4) is 0 Å². The maximum atomic E-state index is 13.4. The smallest absolute Gasteiger partial charge is 0.325 e. The third-order valence-corrected chi connectivity index (χ3v) is 7.25. The Labute approximate surface area is 201 Å². The average Bonchev–Trinajstić information content (AvgIpc) is 2.87. The van der Waals surface area contributed by atoms with Gasteiger partial charge in [0.25, 0.3) is 0 Å². The van der Waals surface area contributed by atoms with Crippen molar-refractivity contribution in [3.63, 3.8) is 0 Å². The van der Waals surface area contributed by atoms with E-state index < -0.39 is 0 Å². The molecule has 0 aliphatic carbocycles. The van der Waals surface area contributed by atoms with Crippen LogP contribution in [0.15, 0.2) is 60.7 Å². The Balaban J connectivity index is 1.32. The lowest BCUT2D eigenvalue weighted by molar-refractivity contribution is -0.121. The Hall–Kier alpha value is -3.38. The van der Waals surface area contributed by atoms with E-state index in [0.717, 1.165) is 43.7 Å². The van der Waals surface area contributed by atoms with Crippen LogP contribution in [-0.4, -0.2) is 54.5 Å². The summed E-state index contributed by atoms with van der Waals surface area (Å²) in [7, 11) is 1.61. The molecule has 2 aliphatic heterocycles. The number of aryl methyl sites for hydroxylation is 1. The molecule has 0 spiro atoms. The van der Waals surface area contributed by atoms with Gasteiger partial charge in [0.1, 0.15) is 6.54 Å². The molecule has 2 aliphatic rings. The van der Waals surface area contributed by atoms with Gasteiger partial charge < -0.3 is 10.2 Å². The first kappa shape index (κ1) is 22.4. The van der Waals surface area contributed by atoms with Crippen LogP contribution in [0.4, 0.5) is 10.5 Å². The van der Waals surface area contributed by atoms with Gasteiger partial charge in [-0.2, -0.15) is 0 Å². The van der Waals surface area contributed by atoms with Crippen LogP contribution in [0.2, 0.25) is 0 Å². The lowest BCUT2D eigenvalue weighted by Crippen LogP contribution is -2.56. The maximum absolute atomic E-state index is 13.4. The van der Waals surface area contributed by atoms with Gasteiger partial charge in [0.2, 0.25) is 5.91 Å². The molecule has 176 valence electrons. The summed E-state index contributed by atoms with van der Waals surface area (Å²) in [5.41, 5.74) is 4.75. The topological polar surface area (TPSA) is 55.9 Å². The first-order valence-corrected chi connectivity index (χ1v) is 12.1. The zero-order valence-electron chi connectivity index (χ0n) is 20.0. The molecule has 0 unspecified atom stereocenters. The molecule has 3 aromatic rings. The van der Waals surface area contributed by atoms with E-state index >= 15 is 0 Å². The van der Waals surface area contributed by atoms with Crippen LogP contribution in [0.5, 0.6) is 0 Å². The van der Waals surface area contributed by atoms with E-state index in [1.54, 1.807) is 11.9 Å². The molecule has 6 heteroatoms. The van der Waals surface area contributed by atoms with E-state index in [9.17, 15) is 9.59 Å². The van der Waals surface area contributed by atoms with Gasteiger partial charge in [-0.15, -0.1) is 0 Å². The Kier molecular flexibility index (Phi) is 6.24. The largest absolute Gasteiger partial charge is 0.358 e. The number of benzene rings is 3. The number of nitrogens with one attached hydrogen (secondary N) is 1. The predicted octanol–water partition coefficient (Wildman–Crippen LogP) is 4.30. The van der Waals surface area contributed by atoms with Crippen molar-refractivity contribution in [1.29, 1.82) is 0 Å². The number of amides is 3. The summed E-state index contributed by atoms with van der Waals surface area (Å²) in [6.07, 6.45) is 1.83. The summed E-state index contributed by atoms with van der Waals surface area (Å²) in [6, 6.07) is 21.3.